The van der Waals surface area contributed by atoms with Gasteiger partial charge in [0.05, 0.1) is 17.8 Å². The number of carbonyl (C=O) groups excluding carboxylic acids is 2. The van der Waals surface area contributed by atoms with E-state index in [1.165, 1.54) is 46.9 Å². The minimum absolute atomic E-state index is 0.132. The van der Waals surface area contributed by atoms with Crippen LogP contribution in [0.25, 0.3) is 0 Å². The van der Waals surface area contributed by atoms with Crippen LogP contribution in [-0.2, 0) is 13.0 Å². The van der Waals surface area contributed by atoms with Gasteiger partial charge in [0.25, 0.3) is 11.8 Å². The van der Waals surface area contributed by atoms with Crippen LogP contribution >= 0.6 is 22.7 Å². The Labute approximate surface area is 157 Å². The van der Waals surface area contributed by atoms with Crippen molar-refractivity contribution in [1.82, 2.24) is 9.88 Å². The summed E-state index contributed by atoms with van der Waals surface area (Å²) in [6.07, 6.45) is 0.632. The Morgan fingerprint density at radius 2 is 1.96 bits per heavy atom. The minimum atomic E-state index is -0.365. The number of carbonyl (C=O) groups is 2. The molecule has 1 aromatic carbocycles. The summed E-state index contributed by atoms with van der Waals surface area (Å²) in [5.74, 6) is -0.680. The number of rotatable bonds is 3. The highest BCUT2D eigenvalue weighted by Gasteiger charge is 2.25. The van der Waals surface area contributed by atoms with E-state index in [1.807, 2.05) is 5.38 Å². The Morgan fingerprint density at radius 3 is 2.69 bits per heavy atom. The summed E-state index contributed by atoms with van der Waals surface area (Å²) in [5.41, 5.74) is 1.99. The molecule has 0 bridgehead atoms. The molecule has 0 unspecified atom stereocenters. The monoisotopic (exact) mass is 387 g/mol. The highest BCUT2D eigenvalue weighted by atomic mass is 32.1. The minimum Gasteiger partial charge on any atom is -0.333 e. The largest absolute Gasteiger partial charge is 0.333 e. The highest BCUT2D eigenvalue weighted by molar-refractivity contribution is 7.16. The molecule has 0 saturated heterocycles. The van der Waals surface area contributed by atoms with E-state index in [4.69, 9.17) is 0 Å². The standard InChI is InChI=1S/C18H14FN3O2S2/c19-13-3-1-11(2-4-13)17(24)22-7-5-14-15(9-22)26-18(20-14)21-16(23)12-6-8-25-10-12/h1-4,6,8,10H,5,7,9H2,(H,20,21,23). The fraction of sp³-hybridized carbons (Fsp3) is 0.167. The summed E-state index contributed by atoms with van der Waals surface area (Å²) in [6.45, 7) is 0.988. The molecular formula is C18H14FN3O2S2. The van der Waals surface area contributed by atoms with Gasteiger partial charge in [-0.15, -0.1) is 0 Å². The predicted molar refractivity (Wildman–Crippen MR) is 99.2 cm³/mol. The molecule has 0 saturated carbocycles. The van der Waals surface area contributed by atoms with E-state index >= 15 is 0 Å². The van der Waals surface area contributed by atoms with E-state index in [0.29, 0.717) is 35.8 Å². The third kappa shape index (κ3) is 3.38. The molecule has 0 fully saturated rings. The number of nitrogens with zero attached hydrogens (tertiary/aromatic N) is 2. The zero-order chi connectivity index (χ0) is 18.1. The fourth-order valence-corrected chi connectivity index (χ4v) is 4.42. The summed E-state index contributed by atoms with van der Waals surface area (Å²) in [5, 5.41) is 6.99. The molecule has 0 atom stereocenters. The first-order valence-corrected chi connectivity index (χ1v) is 9.73. The first-order valence-electron chi connectivity index (χ1n) is 7.97. The van der Waals surface area contributed by atoms with E-state index in [0.717, 1.165) is 10.6 Å². The first-order chi connectivity index (χ1) is 12.6. The van der Waals surface area contributed by atoms with Crippen molar-refractivity contribution in [2.45, 2.75) is 13.0 Å². The number of amides is 2. The van der Waals surface area contributed by atoms with Crippen LogP contribution in [0.2, 0.25) is 0 Å². The van der Waals surface area contributed by atoms with Crippen LogP contribution in [0.3, 0.4) is 0 Å². The van der Waals surface area contributed by atoms with Gasteiger partial charge in [0.15, 0.2) is 5.13 Å². The van der Waals surface area contributed by atoms with Gasteiger partial charge in [-0.25, -0.2) is 9.37 Å². The van der Waals surface area contributed by atoms with Crippen molar-refractivity contribution in [2.24, 2.45) is 0 Å². The summed E-state index contributed by atoms with van der Waals surface area (Å²) >= 11 is 2.85. The van der Waals surface area contributed by atoms with Gasteiger partial charge in [-0.3, -0.25) is 14.9 Å². The summed E-state index contributed by atoms with van der Waals surface area (Å²) in [6, 6.07) is 7.32. The third-order valence-electron chi connectivity index (χ3n) is 4.11. The second-order valence-electron chi connectivity index (χ2n) is 5.84. The van der Waals surface area contributed by atoms with Gasteiger partial charge in [-0.05, 0) is 35.7 Å². The number of hydrogen-bond acceptors (Lipinski definition) is 5. The molecule has 26 heavy (non-hydrogen) atoms. The van der Waals surface area contributed by atoms with Gasteiger partial charge < -0.3 is 4.90 Å². The van der Waals surface area contributed by atoms with Gasteiger partial charge in [0, 0.05) is 28.8 Å². The molecule has 1 aliphatic rings. The number of benzene rings is 1. The van der Waals surface area contributed by atoms with Crippen LogP contribution in [0.1, 0.15) is 31.3 Å². The smallest absolute Gasteiger partial charge is 0.258 e. The lowest BCUT2D eigenvalue weighted by atomic mass is 10.1. The maximum Gasteiger partial charge on any atom is 0.258 e. The number of nitrogens with one attached hydrogen (secondary N) is 1. The average molecular weight is 387 g/mol. The van der Waals surface area contributed by atoms with Gasteiger partial charge in [0.1, 0.15) is 5.82 Å². The van der Waals surface area contributed by atoms with Crippen LogP contribution < -0.4 is 5.32 Å². The van der Waals surface area contributed by atoms with Crippen molar-refractivity contribution in [1.29, 1.82) is 0 Å². The average Bonchev–Trinajstić information content (AvgIpc) is 3.30. The summed E-state index contributed by atoms with van der Waals surface area (Å²) < 4.78 is 13.0. The van der Waals surface area contributed by atoms with E-state index in [-0.39, 0.29) is 17.6 Å². The number of aromatic nitrogens is 1. The lowest BCUT2D eigenvalue weighted by Gasteiger charge is -2.26. The maximum atomic E-state index is 13.0. The van der Waals surface area contributed by atoms with Crippen LogP contribution in [0.15, 0.2) is 41.1 Å². The zero-order valence-electron chi connectivity index (χ0n) is 13.6. The van der Waals surface area contributed by atoms with Gasteiger partial charge in [0.2, 0.25) is 0 Å². The normalized spacial score (nSPS) is 13.3. The van der Waals surface area contributed by atoms with E-state index in [1.54, 1.807) is 16.3 Å². The van der Waals surface area contributed by atoms with Crippen molar-refractivity contribution in [2.75, 3.05) is 11.9 Å². The molecular weight excluding hydrogens is 373 g/mol. The third-order valence-corrected chi connectivity index (χ3v) is 5.79. The van der Waals surface area contributed by atoms with Crippen LogP contribution in [0.4, 0.5) is 9.52 Å². The Bertz CT molecular complexity index is 951. The molecule has 0 spiro atoms. The number of thiophene rings is 1. The molecule has 3 heterocycles. The highest BCUT2D eigenvalue weighted by Crippen LogP contribution is 2.29. The second kappa shape index (κ2) is 6.97. The van der Waals surface area contributed by atoms with Crippen molar-refractivity contribution >= 4 is 39.6 Å². The molecule has 132 valence electrons. The second-order valence-corrected chi connectivity index (χ2v) is 7.70. The van der Waals surface area contributed by atoms with Crippen molar-refractivity contribution < 1.29 is 14.0 Å². The molecule has 4 rings (SSSR count). The lowest BCUT2D eigenvalue weighted by Crippen LogP contribution is -2.35. The molecule has 2 amide bonds. The van der Waals surface area contributed by atoms with E-state index in [9.17, 15) is 14.0 Å². The van der Waals surface area contributed by atoms with Crippen LogP contribution in [-0.4, -0.2) is 28.2 Å². The van der Waals surface area contributed by atoms with Crippen molar-refractivity contribution in [3.8, 4) is 0 Å². The molecule has 1 aliphatic heterocycles. The maximum absolute atomic E-state index is 13.0. The topological polar surface area (TPSA) is 62.3 Å². The Morgan fingerprint density at radius 1 is 1.15 bits per heavy atom. The number of thiazole rings is 1. The number of anilines is 1. The molecule has 0 radical (unpaired) electrons. The molecule has 5 nitrogen and oxygen atoms in total. The molecule has 3 aromatic rings. The molecule has 8 heteroatoms. The SMILES string of the molecule is O=C(Nc1nc2c(s1)CN(C(=O)c1ccc(F)cc1)CC2)c1ccsc1. The first kappa shape index (κ1) is 16.9. The zero-order valence-corrected chi connectivity index (χ0v) is 15.2. The van der Waals surface area contributed by atoms with Gasteiger partial charge in [-0.1, -0.05) is 11.3 Å². The van der Waals surface area contributed by atoms with Gasteiger partial charge >= 0.3 is 0 Å². The summed E-state index contributed by atoms with van der Waals surface area (Å²) in [7, 11) is 0. The van der Waals surface area contributed by atoms with E-state index < -0.39 is 0 Å². The van der Waals surface area contributed by atoms with Gasteiger partial charge in [-0.2, -0.15) is 11.3 Å². The quantitative estimate of drug-likeness (QED) is 0.744. The molecule has 2 aromatic heterocycles. The lowest BCUT2D eigenvalue weighted by molar-refractivity contribution is 0.0736. The van der Waals surface area contributed by atoms with Crippen molar-refractivity contribution in [3.05, 3.63) is 68.6 Å². The number of halogens is 1. The Balaban J connectivity index is 1.47. The Kier molecular flexibility index (Phi) is 4.52. The van der Waals surface area contributed by atoms with Crippen LogP contribution in [0, 0.1) is 5.82 Å². The van der Waals surface area contributed by atoms with Crippen molar-refractivity contribution in [3.63, 3.8) is 0 Å². The number of fused-ring (bicyclic) bond motifs is 1. The Hall–Kier alpha value is -2.58. The predicted octanol–water partition coefficient (Wildman–Crippen LogP) is 3.79. The summed E-state index contributed by atoms with van der Waals surface area (Å²) in [4.78, 5) is 31.9. The fourth-order valence-electron chi connectivity index (χ4n) is 2.76. The van der Waals surface area contributed by atoms with E-state index in [2.05, 4.69) is 10.3 Å². The molecule has 1 N–H and O–H groups in total. The van der Waals surface area contributed by atoms with Crippen LogP contribution in [0.5, 0.6) is 0 Å². The number of hydrogen-bond donors (Lipinski definition) is 1. The molecule has 0 aliphatic carbocycles.